The van der Waals surface area contributed by atoms with Gasteiger partial charge >= 0.3 is 0 Å². The quantitative estimate of drug-likeness (QED) is 0.129. The monoisotopic (exact) mass is 490 g/mol. The van der Waals surface area contributed by atoms with Crippen LogP contribution in [-0.2, 0) is 0 Å². The van der Waals surface area contributed by atoms with Crippen LogP contribution in [0, 0.1) is 0 Å². The highest BCUT2D eigenvalue weighted by Crippen LogP contribution is 2.39. The van der Waals surface area contributed by atoms with Crippen LogP contribution in [0.2, 0.25) is 0 Å². The van der Waals surface area contributed by atoms with Crippen molar-refractivity contribution in [3.63, 3.8) is 0 Å². The van der Waals surface area contributed by atoms with Gasteiger partial charge in [-0.15, -0.1) is 11.8 Å². The highest BCUT2D eigenvalue weighted by atomic mass is 32.2. The fourth-order valence-corrected chi connectivity index (χ4v) is 5.77. The van der Waals surface area contributed by atoms with Gasteiger partial charge in [-0.05, 0) is 60.1 Å². The molecule has 34 heavy (non-hydrogen) atoms. The Kier molecular flexibility index (Phi) is 19.0. The van der Waals surface area contributed by atoms with Gasteiger partial charge in [0, 0.05) is 4.90 Å². The van der Waals surface area contributed by atoms with Gasteiger partial charge < -0.3 is 5.11 Å². The first-order valence-electron chi connectivity index (χ1n) is 15.0. The molecule has 0 spiro atoms. The molecule has 198 valence electrons. The maximum atomic E-state index is 10.8. The Hall–Kier alpha value is -0.630. The van der Waals surface area contributed by atoms with Gasteiger partial charge in [0.25, 0.3) is 0 Å². The third-order valence-corrected chi connectivity index (χ3v) is 8.76. The van der Waals surface area contributed by atoms with E-state index >= 15 is 0 Å². The highest BCUT2D eigenvalue weighted by molar-refractivity contribution is 7.99. The van der Waals surface area contributed by atoms with E-state index in [1.165, 1.54) is 113 Å². The van der Waals surface area contributed by atoms with Crippen molar-refractivity contribution in [2.75, 3.05) is 5.75 Å². The molecule has 1 aromatic rings. The highest BCUT2D eigenvalue weighted by Gasteiger charge is 2.17. The van der Waals surface area contributed by atoms with Crippen molar-refractivity contribution >= 4 is 11.8 Å². The molecule has 1 aromatic carbocycles. The Morgan fingerprint density at radius 2 is 0.941 bits per heavy atom. The molecule has 2 heteroatoms. The fourth-order valence-electron chi connectivity index (χ4n) is 4.77. The van der Waals surface area contributed by atoms with Crippen LogP contribution in [-0.4, -0.2) is 10.9 Å². The number of aromatic hydroxyl groups is 1. The average Bonchev–Trinajstić information content (AvgIpc) is 2.85. The lowest BCUT2D eigenvalue weighted by molar-refractivity contribution is 0.448. The molecule has 0 aromatic heterocycles. The zero-order valence-electron chi connectivity index (χ0n) is 23.6. The van der Waals surface area contributed by atoms with E-state index in [-0.39, 0.29) is 0 Å². The maximum absolute atomic E-state index is 10.8. The van der Waals surface area contributed by atoms with Gasteiger partial charge in [0.1, 0.15) is 5.75 Å². The maximum Gasteiger partial charge on any atom is 0.122 e. The summed E-state index contributed by atoms with van der Waals surface area (Å²) in [6.45, 7) is 11.2. The minimum Gasteiger partial charge on any atom is -0.507 e. The van der Waals surface area contributed by atoms with E-state index in [9.17, 15) is 5.11 Å². The number of thioether (sulfide) groups is 1. The molecule has 1 N–H and O–H groups in total. The summed E-state index contributed by atoms with van der Waals surface area (Å²) in [7, 11) is 0. The summed E-state index contributed by atoms with van der Waals surface area (Å²) in [5.41, 5.74) is 2.30. The number of rotatable bonds is 22. The molecule has 0 radical (unpaired) electrons. The number of unbranched alkanes of at least 4 members (excludes halogenated alkanes) is 15. The van der Waals surface area contributed by atoms with E-state index in [0.29, 0.717) is 17.6 Å². The minimum absolute atomic E-state index is 0.416. The van der Waals surface area contributed by atoms with Crippen molar-refractivity contribution in [2.45, 2.75) is 167 Å². The van der Waals surface area contributed by atoms with E-state index in [2.05, 4.69) is 46.8 Å². The Morgan fingerprint density at radius 1 is 0.588 bits per heavy atom. The van der Waals surface area contributed by atoms with Crippen LogP contribution >= 0.6 is 11.8 Å². The summed E-state index contributed by atoms with van der Waals surface area (Å²) in [5.74, 6) is 2.58. The van der Waals surface area contributed by atoms with Crippen LogP contribution in [0.5, 0.6) is 5.75 Å². The summed E-state index contributed by atoms with van der Waals surface area (Å²) < 4.78 is 0. The molecule has 1 rings (SSSR count). The molecule has 1 nitrogen and oxygen atoms in total. The molecule has 0 saturated carbocycles. The van der Waals surface area contributed by atoms with Gasteiger partial charge in [-0.25, -0.2) is 0 Å². The van der Waals surface area contributed by atoms with Gasteiger partial charge in [-0.2, -0.15) is 0 Å². The van der Waals surface area contributed by atoms with Crippen molar-refractivity contribution < 1.29 is 5.11 Å². The first-order valence-corrected chi connectivity index (χ1v) is 16.0. The first-order chi connectivity index (χ1) is 16.5. The Bertz CT molecular complexity index is 580. The minimum atomic E-state index is 0.416. The summed E-state index contributed by atoms with van der Waals surface area (Å²) in [5, 5.41) is 10.8. The fraction of sp³-hybridized carbons (Fsp3) is 0.812. The second-order valence-corrected chi connectivity index (χ2v) is 11.9. The summed E-state index contributed by atoms with van der Waals surface area (Å²) in [6.07, 6.45) is 24.9. The second-order valence-electron chi connectivity index (χ2n) is 10.7. The molecule has 0 heterocycles. The largest absolute Gasteiger partial charge is 0.507 e. The van der Waals surface area contributed by atoms with E-state index in [4.69, 9.17) is 0 Å². The second kappa shape index (κ2) is 20.6. The number of phenolic OH excluding ortho intramolecular Hbond substituents is 1. The first kappa shape index (κ1) is 31.4. The Morgan fingerprint density at radius 3 is 1.29 bits per heavy atom. The van der Waals surface area contributed by atoms with E-state index in [1.807, 2.05) is 11.8 Å². The summed E-state index contributed by atoms with van der Waals surface area (Å²) in [6, 6.07) is 4.51. The Labute approximate surface area is 218 Å². The molecule has 2 unspecified atom stereocenters. The van der Waals surface area contributed by atoms with E-state index in [1.54, 1.807) is 0 Å². The van der Waals surface area contributed by atoms with Crippen molar-refractivity contribution in [3.05, 3.63) is 23.3 Å². The summed E-state index contributed by atoms with van der Waals surface area (Å²) in [4.78, 5) is 1.35. The average molecular weight is 491 g/mol. The zero-order chi connectivity index (χ0) is 25.0. The topological polar surface area (TPSA) is 20.2 Å². The zero-order valence-corrected chi connectivity index (χ0v) is 24.4. The van der Waals surface area contributed by atoms with Gasteiger partial charge in [0.2, 0.25) is 0 Å². The van der Waals surface area contributed by atoms with Gasteiger partial charge in [-0.3, -0.25) is 0 Å². The Balaban J connectivity index is 2.12. The van der Waals surface area contributed by atoms with Gasteiger partial charge in [0.05, 0.1) is 0 Å². The smallest absolute Gasteiger partial charge is 0.122 e. The lowest BCUT2D eigenvalue weighted by Crippen LogP contribution is -2.00. The molecule has 0 saturated heterocycles. The van der Waals surface area contributed by atoms with Crippen molar-refractivity contribution in [1.29, 1.82) is 0 Å². The number of hydrogen-bond acceptors (Lipinski definition) is 2. The van der Waals surface area contributed by atoms with E-state index in [0.717, 1.165) is 24.0 Å². The lowest BCUT2D eigenvalue weighted by Gasteiger charge is -2.20. The summed E-state index contributed by atoms with van der Waals surface area (Å²) >= 11 is 1.99. The van der Waals surface area contributed by atoms with Crippen LogP contribution in [0.4, 0.5) is 0 Å². The van der Waals surface area contributed by atoms with Gasteiger partial charge in [-0.1, -0.05) is 131 Å². The molecular weight excluding hydrogens is 432 g/mol. The van der Waals surface area contributed by atoms with Crippen LogP contribution < -0.4 is 0 Å². The SMILES string of the molecule is CCCCCCCCCCCCCCCCCCSc1cc(C(C)CC)c(O)c(C(C)CC)c1. The predicted molar refractivity (Wildman–Crippen MR) is 156 cm³/mol. The normalized spacial score (nSPS) is 13.3. The van der Waals surface area contributed by atoms with Crippen LogP contribution in [0.15, 0.2) is 17.0 Å². The van der Waals surface area contributed by atoms with Crippen LogP contribution in [0.25, 0.3) is 0 Å². The molecular formula is C32H58OS. The number of benzene rings is 1. The molecule has 0 bridgehead atoms. The molecule has 0 amide bonds. The number of phenols is 1. The van der Waals surface area contributed by atoms with Crippen LogP contribution in [0.3, 0.4) is 0 Å². The van der Waals surface area contributed by atoms with Crippen LogP contribution in [0.1, 0.15) is 173 Å². The number of hydrogen-bond donors (Lipinski definition) is 1. The molecule has 0 aliphatic rings. The molecule has 0 aliphatic carbocycles. The third kappa shape index (κ3) is 13.5. The molecule has 2 atom stereocenters. The van der Waals surface area contributed by atoms with Crippen molar-refractivity contribution in [2.24, 2.45) is 0 Å². The van der Waals surface area contributed by atoms with Gasteiger partial charge in [0.15, 0.2) is 0 Å². The predicted octanol–water partition coefficient (Wildman–Crippen LogP) is 11.8. The third-order valence-electron chi connectivity index (χ3n) is 7.70. The molecule has 0 fully saturated rings. The molecule has 0 aliphatic heterocycles. The van der Waals surface area contributed by atoms with Crippen molar-refractivity contribution in [3.8, 4) is 5.75 Å². The standard InChI is InChI=1S/C32H58OS/c1-6-9-10-11-12-13-14-15-16-17-18-19-20-21-22-23-24-34-29-25-30(27(4)7-2)32(33)31(26-29)28(5)8-3/h25-28,33H,6-24H2,1-5H3. The van der Waals surface area contributed by atoms with E-state index < -0.39 is 0 Å². The van der Waals surface area contributed by atoms with Crippen molar-refractivity contribution in [1.82, 2.24) is 0 Å². The lowest BCUT2D eigenvalue weighted by atomic mass is 9.90.